The van der Waals surface area contributed by atoms with Crippen LogP contribution < -0.4 is 9.64 Å². The number of benzene rings is 1. The Morgan fingerprint density at radius 2 is 2.19 bits per heavy atom. The minimum atomic E-state index is -1.15. The number of esters is 1. The molecule has 0 saturated heterocycles. The maximum absolute atomic E-state index is 12.2. The minimum absolute atomic E-state index is 0.131. The van der Waals surface area contributed by atoms with Crippen LogP contribution in [0.4, 0.5) is 5.69 Å². The smallest absolute Gasteiger partial charge is 0.331 e. The number of rotatable bonds is 4. The first-order valence-electron chi connectivity index (χ1n) is 6.78. The molecule has 6 nitrogen and oxygen atoms in total. The van der Waals surface area contributed by atoms with Gasteiger partial charge < -0.3 is 14.6 Å². The zero-order valence-corrected chi connectivity index (χ0v) is 12.4. The average Bonchev–Trinajstić information content (AvgIpc) is 2.46. The first kappa shape index (κ1) is 15.3. The van der Waals surface area contributed by atoms with Crippen molar-refractivity contribution in [1.82, 2.24) is 0 Å². The summed E-state index contributed by atoms with van der Waals surface area (Å²) in [6, 6.07) is 5.04. The monoisotopic (exact) mass is 293 g/mol. The number of hydrogen-bond donors (Lipinski definition) is 1. The lowest BCUT2D eigenvalue weighted by Crippen LogP contribution is -2.57. The van der Waals surface area contributed by atoms with Gasteiger partial charge in [-0.1, -0.05) is 6.07 Å². The molecular formula is C15H19NO5. The summed E-state index contributed by atoms with van der Waals surface area (Å²) in [6.45, 7) is 4.92. The van der Waals surface area contributed by atoms with E-state index in [0.717, 1.165) is 0 Å². The van der Waals surface area contributed by atoms with Gasteiger partial charge in [0.2, 0.25) is 0 Å². The minimum Gasteiger partial charge on any atom is -0.482 e. The molecule has 0 spiro atoms. The van der Waals surface area contributed by atoms with Gasteiger partial charge in [-0.15, -0.1) is 0 Å². The highest BCUT2D eigenvalue weighted by Crippen LogP contribution is 2.37. The number of carbonyl (C=O) groups is 2. The highest BCUT2D eigenvalue weighted by atomic mass is 16.5. The van der Waals surface area contributed by atoms with Crippen molar-refractivity contribution >= 4 is 17.6 Å². The van der Waals surface area contributed by atoms with Crippen molar-refractivity contribution in [2.75, 3.05) is 18.1 Å². The number of aliphatic hydroxyl groups is 1. The van der Waals surface area contributed by atoms with E-state index in [0.29, 0.717) is 17.0 Å². The van der Waals surface area contributed by atoms with Gasteiger partial charge in [-0.3, -0.25) is 9.69 Å². The van der Waals surface area contributed by atoms with E-state index in [-0.39, 0.29) is 25.7 Å². The molecule has 1 aliphatic heterocycles. The molecule has 0 aliphatic carbocycles. The van der Waals surface area contributed by atoms with Gasteiger partial charge in [0, 0.05) is 0 Å². The summed E-state index contributed by atoms with van der Waals surface area (Å²) in [6.07, 6.45) is 0. The summed E-state index contributed by atoms with van der Waals surface area (Å²) < 4.78 is 10.4. The highest BCUT2D eigenvalue weighted by Gasteiger charge is 2.43. The Kier molecular flexibility index (Phi) is 4.18. The number of hydrogen-bond acceptors (Lipinski definition) is 5. The van der Waals surface area contributed by atoms with Gasteiger partial charge in [0.05, 0.1) is 18.9 Å². The maximum Gasteiger partial charge on any atom is 0.331 e. The molecule has 0 saturated carbocycles. The summed E-state index contributed by atoms with van der Waals surface area (Å²) >= 11 is 0. The Labute approximate surface area is 123 Å². The molecule has 1 amide bonds. The molecule has 0 atom stereocenters. The van der Waals surface area contributed by atoms with E-state index >= 15 is 0 Å². The number of anilines is 1. The van der Waals surface area contributed by atoms with Crippen LogP contribution in [0.3, 0.4) is 0 Å². The second-order valence-corrected chi connectivity index (χ2v) is 5.26. The quantitative estimate of drug-likeness (QED) is 0.845. The Hall–Kier alpha value is -2.08. The van der Waals surface area contributed by atoms with Crippen LogP contribution in [0, 0.1) is 0 Å². The fourth-order valence-electron chi connectivity index (χ4n) is 2.31. The predicted octanol–water partition coefficient (Wildman–Crippen LogP) is 1.25. The van der Waals surface area contributed by atoms with Gasteiger partial charge in [-0.25, -0.2) is 4.79 Å². The van der Waals surface area contributed by atoms with Crippen LogP contribution in [0.15, 0.2) is 18.2 Å². The van der Waals surface area contributed by atoms with E-state index in [2.05, 4.69) is 0 Å². The molecule has 114 valence electrons. The maximum atomic E-state index is 12.2. The molecule has 0 unspecified atom stereocenters. The number of ether oxygens (including phenoxy) is 2. The molecule has 21 heavy (non-hydrogen) atoms. The number of aliphatic hydroxyl groups excluding tert-OH is 1. The second kappa shape index (κ2) is 5.73. The summed E-state index contributed by atoms with van der Waals surface area (Å²) in [5.41, 5.74) is -0.0488. The van der Waals surface area contributed by atoms with Crippen LogP contribution in [0.2, 0.25) is 0 Å². The molecule has 1 aromatic carbocycles. The van der Waals surface area contributed by atoms with Crippen LogP contribution >= 0.6 is 0 Å². The highest BCUT2D eigenvalue weighted by molar-refractivity contribution is 6.04. The Bertz CT molecular complexity index is 567. The fraction of sp³-hybridized carbons (Fsp3) is 0.467. The van der Waals surface area contributed by atoms with Gasteiger partial charge in [0.1, 0.15) is 11.3 Å². The molecule has 0 aromatic heterocycles. The number of nitrogens with zero attached hydrogens (tertiary/aromatic N) is 1. The van der Waals surface area contributed by atoms with E-state index in [4.69, 9.17) is 9.47 Å². The predicted molar refractivity (Wildman–Crippen MR) is 76.1 cm³/mol. The van der Waals surface area contributed by atoms with Crippen molar-refractivity contribution in [2.45, 2.75) is 32.9 Å². The lowest BCUT2D eigenvalue weighted by molar-refractivity contribution is -0.150. The SMILES string of the molecule is CCOC(=O)C(C)(C)N1C(=O)COc2ccc(CO)cc21. The molecule has 0 radical (unpaired) electrons. The number of carbonyl (C=O) groups excluding carboxylic acids is 2. The normalized spacial score (nSPS) is 14.5. The van der Waals surface area contributed by atoms with Gasteiger partial charge in [0.15, 0.2) is 6.61 Å². The third-order valence-corrected chi connectivity index (χ3v) is 3.38. The van der Waals surface area contributed by atoms with Crippen LogP contribution in [0.1, 0.15) is 26.3 Å². The van der Waals surface area contributed by atoms with E-state index in [9.17, 15) is 14.7 Å². The van der Waals surface area contributed by atoms with Crippen molar-refractivity contribution in [3.8, 4) is 5.75 Å². The molecule has 1 heterocycles. The summed E-state index contributed by atoms with van der Waals surface area (Å²) in [5.74, 6) is -0.305. The lowest BCUT2D eigenvalue weighted by Gasteiger charge is -2.39. The fourth-order valence-corrected chi connectivity index (χ4v) is 2.31. The number of fused-ring (bicyclic) bond motifs is 1. The van der Waals surface area contributed by atoms with Crippen LogP contribution in [0.25, 0.3) is 0 Å². The Balaban J connectivity index is 2.48. The third-order valence-electron chi connectivity index (χ3n) is 3.38. The molecule has 0 bridgehead atoms. The Morgan fingerprint density at radius 3 is 2.81 bits per heavy atom. The zero-order valence-electron chi connectivity index (χ0n) is 12.4. The van der Waals surface area contributed by atoms with E-state index in [1.165, 1.54) is 4.90 Å². The van der Waals surface area contributed by atoms with Crippen molar-refractivity contribution < 1.29 is 24.2 Å². The van der Waals surface area contributed by atoms with Gasteiger partial charge in [-0.05, 0) is 38.5 Å². The molecule has 6 heteroatoms. The van der Waals surface area contributed by atoms with E-state index in [1.807, 2.05) is 0 Å². The molecule has 2 rings (SSSR count). The molecule has 0 fully saturated rings. The number of amides is 1. The van der Waals surface area contributed by atoms with Gasteiger partial charge in [0.25, 0.3) is 5.91 Å². The summed E-state index contributed by atoms with van der Waals surface area (Å²) in [4.78, 5) is 25.8. The third kappa shape index (κ3) is 2.71. The van der Waals surface area contributed by atoms with E-state index in [1.54, 1.807) is 39.0 Å². The van der Waals surface area contributed by atoms with Crippen molar-refractivity contribution in [3.05, 3.63) is 23.8 Å². The second-order valence-electron chi connectivity index (χ2n) is 5.26. The van der Waals surface area contributed by atoms with Gasteiger partial charge in [-0.2, -0.15) is 0 Å². The van der Waals surface area contributed by atoms with E-state index < -0.39 is 11.5 Å². The standard InChI is InChI=1S/C15H19NO5/c1-4-20-14(19)15(2,3)16-11-7-10(8-17)5-6-12(11)21-9-13(16)18/h5-7,17H,4,8-9H2,1-3H3. The Morgan fingerprint density at radius 1 is 1.48 bits per heavy atom. The van der Waals surface area contributed by atoms with Crippen LogP contribution in [0.5, 0.6) is 5.75 Å². The average molecular weight is 293 g/mol. The van der Waals surface area contributed by atoms with Gasteiger partial charge >= 0.3 is 5.97 Å². The van der Waals surface area contributed by atoms with Crippen LogP contribution in [-0.4, -0.2) is 35.7 Å². The molecule has 1 aliphatic rings. The van der Waals surface area contributed by atoms with Crippen molar-refractivity contribution in [1.29, 1.82) is 0 Å². The summed E-state index contributed by atoms with van der Waals surface area (Å²) in [7, 11) is 0. The summed E-state index contributed by atoms with van der Waals surface area (Å²) in [5, 5.41) is 9.25. The molecule has 1 aromatic rings. The first-order chi connectivity index (χ1) is 9.91. The van der Waals surface area contributed by atoms with Crippen molar-refractivity contribution in [2.24, 2.45) is 0 Å². The lowest BCUT2D eigenvalue weighted by atomic mass is 9.99. The largest absolute Gasteiger partial charge is 0.482 e. The van der Waals surface area contributed by atoms with Crippen molar-refractivity contribution in [3.63, 3.8) is 0 Å². The van der Waals surface area contributed by atoms with Crippen LogP contribution in [-0.2, 0) is 20.9 Å². The zero-order chi connectivity index (χ0) is 15.6. The molecule has 1 N–H and O–H groups in total. The topological polar surface area (TPSA) is 76.1 Å². The molecular weight excluding hydrogens is 274 g/mol. The first-order valence-corrected chi connectivity index (χ1v) is 6.78.